The van der Waals surface area contributed by atoms with E-state index < -0.39 is 28.9 Å². The third-order valence-corrected chi connectivity index (χ3v) is 6.34. The molecule has 35 heavy (non-hydrogen) atoms. The second-order valence-electron chi connectivity index (χ2n) is 7.73. The second-order valence-corrected chi connectivity index (χ2v) is 8.87. The number of rotatable bonds is 7. The van der Waals surface area contributed by atoms with E-state index in [0.29, 0.717) is 5.69 Å². The minimum Gasteiger partial charge on any atom is -0.444 e. The molecule has 10 heteroatoms. The van der Waals surface area contributed by atoms with Crippen LogP contribution < -0.4 is 5.32 Å². The number of imide groups is 1. The molecule has 0 spiro atoms. The first-order valence-electron chi connectivity index (χ1n) is 10.8. The van der Waals surface area contributed by atoms with Crippen molar-refractivity contribution in [3.8, 4) is 0 Å². The maximum Gasteiger partial charge on any atom is 0.417 e. The number of hydrogen-bond donors (Lipinski definition) is 1. The second kappa shape index (κ2) is 10.8. The number of amides is 3. The van der Waals surface area contributed by atoms with Crippen LogP contribution in [0.15, 0.2) is 88.7 Å². The van der Waals surface area contributed by atoms with Gasteiger partial charge in [-0.3, -0.25) is 19.7 Å². The van der Waals surface area contributed by atoms with Crippen LogP contribution in [-0.2, 0) is 20.9 Å². The van der Waals surface area contributed by atoms with E-state index in [2.05, 4.69) is 5.32 Å². The van der Waals surface area contributed by atoms with E-state index in [1.807, 2.05) is 18.2 Å². The van der Waals surface area contributed by atoms with Gasteiger partial charge in [-0.15, -0.1) is 0 Å². The van der Waals surface area contributed by atoms with Gasteiger partial charge in [0.1, 0.15) is 12.6 Å². The van der Waals surface area contributed by atoms with E-state index in [1.165, 1.54) is 23.9 Å². The molecule has 0 aliphatic carbocycles. The number of likely N-dealkylation sites (tertiary alicyclic amines) is 1. The molecule has 9 nitrogen and oxygen atoms in total. The van der Waals surface area contributed by atoms with Gasteiger partial charge in [-0.2, -0.15) is 0 Å². The van der Waals surface area contributed by atoms with Gasteiger partial charge in [-0.1, -0.05) is 42.1 Å². The molecule has 4 rings (SSSR count). The van der Waals surface area contributed by atoms with Crippen LogP contribution in [-0.4, -0.2) is 33.8 Å². The number of hydrogen-bond acceptors (Lipinski definition) is 7. The van der Waals surface area contributed by atoms with Gasteiger partial charge in [-0.25, -0.2) is 9.69 Å². The quantitative estimate of drug-likeness (QED) is 0.364. The number of nitro benzene ring substituents is 1. The molecular formula is C25H21N3O6S. The van der Waals surface area contributed by atoms with Gasteiger partial charge in [-0.05, 0) is 48.4 Å². The molecule has 3 aromatic rings. The van der Waals surface area contributed by atoms with Crippen molar-refractivity contribution in [3.63, 3.8) is 0 Å². The lowest BCUT2D eigenvalue weighted by Gasteiger charge is -2.21. The summed E-state index contributed by atoms with van der Waals surface area (Å²) in [6.07, 6.45) is -0.533. The Bertz CT molecular complexity index is 1230. The average molecular weight is 492 g/mol. The molecule has 178 valence electrons. The van der Waals surface area contributed by atoms with E-state index in [9.17, 15) is 24.5 Å². The maximum absolute atomic E-state index is 12.8. The zero-order valence-corrected chi connectivity index (χ0v) is 19.3. The highest BCUT2D eigenvalue weighted by atomic mass is 32.2. The van der Waals surface area contributed by atoms with E-state index in [0.717, 1.165) is 20.3 Å². The van der Waals surface area contributed by atoms with Crippen molar-refractivity contribution in [2.24, 2.45) is 0 Å². The summed E-state index contributed by atoms with van der Waals surface area (Å²) < 4.78 is 5.25. The first-order valence-corrected chi connectivity index (χ1v) is 11.6. The Hall–Kier alpha value is -4.18. The van der Waals surface area contributed by atoms with Crippen LogP contribution in [0.3, 0.4) is 0 Å². The zero-order chi connectivity index (χ0) is 24.8. The molecule has 1 N–H and O–H groups in total. The van der Waals surface area contributed by atoms with Gasteiger partial charge in [0.2, 0.25) is 11.8 Å². The number of carbonyl (C=O) groups is 3. The number of anilines is 1. The van der Waals surface area contributed by atoms with Gasteiger partial charge >= 0.3 is 6.09 Å². The van der Waals surface area contributed by atoms with E-state index in [-0.39, 0.29) is 25.1 Å². The topological polar surface area (TPSA) is 119 Å². The number of non-ortho nitro benzene ring substituents is 1. The molecule has 1 saturated heterocycles. The molecular weight excluding hydrogens is 470 g/mol. The molecule has 0 unspecified atom stereocenters. The number of carbonyl (C=O) groups excluding carboxylic acids is 3. The molecule has 1 fully saturated rings. The first kappa shape index (κ1) is 24.0. The summed E-state index contributed by atoms with van der Waals surface area (Å²) in [6, 6.07) is 21.4. The van der Waals surface area contributed by atoms with E-state index in [4.69, 9.17) is 4.74 Å². The van der Waals surface area contributed by atoms with Crippen molar-refractivity contribution in [3.05, 3.63) is 94.5 Å². The summed E-state index contributed by atoms with van der Waals surface area (Å²) in [7, 11) is 0. The Morgan fingerprint density at radius 2 is 1.63 bits per heavy atom. The number of ether oxygens (including phenoxy) is 1. The van der Waals surface area contributed by atoms with Crippen molar-refractivity contribution in [2.45, 2.75) is 35.3 Å². The normalized spacial score (nSPS) is 15.0. The number of nitrogens with zero attached hydrogens (tertiary/aromatic N) is 2. The van der Waals surface area contributed by atoms with E-state index in [1.54, 1.807) is 48.5 Å². The number of nitro groups is 1. The van der Waals surface area contributed by atoms with E-state index >= 15 is 0 Å². The van der Waals surface area contributed by atoms with Gasteiger partial charge in [0, 0.05) is 34.0 Å². The predicted molar refractivity (Wildman–Crippen MR) is 129 cm³/mol. The van der Waals surface area contributed by atoms with Crippen LogP contribution in [0.5, 0.6) is 0 Å². The molecule has 3 amide bonds. The molecule has 1 aliphatic heterocycles. The van der Waals surface area contributed by atoms with Crippen molar-refractivity contribution in [1.29, 1.82) is 0 Å². The Balaban J connectivity index is 1.35. The molecule has 1 aliphatic rings. The van der Waals surface area contributed by atoms with Crippen molar-refractivity contribution in [1.82, 2.24) is 4.90 Å². The van der Waals surface area contributed by atoms with Crippen LogP contribution in [0.25, 0.3) is 0 Å². The van der Waals surface area contributed by atoms with Crippen LogP contribution in [0.2, 0.25) is 0 Å². The highest BCUT2D eigenvalue weighted by Crippen LogP contribution is 2.30. The fraction of sp³-hybridized carbons (Fsp3) is 0.160. The van der Waals surface area contributed by atoms with Crippen molar-refractivity contribution >= 4 is 41.0 Å². The van der Waals surface area contributed by atoms with Crippen LogP contribution in [0.1, 0.15) is 18.4 Å². The molecule has 0 radical (unpaired) electrons. The average Bonchev–Trinajstić information content (AvgIpc) is 3.26. The maximum atomic E-state index is 12.8. The minimum atomic E-state index is -0.945. The lowest BCUT2D eigenvalue weighted by Crippen LogP contribution is -2.45. The monoisotopic (exact) mass is 491 g/mol. The third kappa shape index (κ3) is 6.04. The summed E-state index contributed by atoms with van der Waals surface area (Å²) in [5, 5.41) is 13.5. The van der Waals surface area contributed by atoms with Gasteiger partial charge in [0.05, 0.1) is 4.92 Å². The fourth-order valence-corrected chi connectivity index (χ4v) is 4.37. The highest BCUT2D eigenvalue weighted by Gasteiger charge is 2.41. The Labute approximate surface area is 205 Å². The lowest BCUT2D eigenvalue weighted by atomic mass is 10.2. The molecule has 3 aromatic carbocycles. The first-order chi connectivity index (χ1) is 16.9. The Morgan fingerprint density at radius 1 is 1.00 bits per heavy atom. The zero-order valence-electron chi connectivity index (χ0n) is 18.5. The molecule has 0 aromatic heterocycles. The van der Waals surface area contributed by atoms with Gasteiger partial charge < -0.3 is 10.1 Å². The van der Waals surface area contributed by atoms with Crippen molar-refractivity contribution in [2.75, 3.05) is 5.32 Å². The van der Waals surface area contributed by atoms with Gasteiger partial charge in [0.25, 0.3) is 5.69 Å². The summed E-state index contributed by atoms with van der Waals surface area (Å²) in [5.74, 6) is -0.915. The van der Waals surface area contributed by atoms with Gasteiger partial charge in [0.15, 0.2) is 0 Å². The highest BCUT2D eigenvalue weighted by molar-refractivity contribution is 7.99. The molecule has 0 bridgehead atoms. The minimum absolute atomic E-state index is 0.00564. The van der Waals surface area contributed by atoms with Crippen LogP contribution >= 0.6 is 11.8 Å². The predicted octanol–water partition coefficient (Wildman–Crippen LogP) is 5.01. The standard InChI is InChI=1S/C25H21N3O6S/c29-23-15-14-22(27(23)25(31)34-16-17-4-2-1-3-5-17)24(30)26-18-6-10-20(11-7-18)35-21-12-8-19(9-13-21)28(32)33/h1-13,22H,14-16H2,(H,26,30)/t22-/m0/s1. The smallest absolute Gasteiger partial charge is 0.417 e. The van der Waals surface area contributed by atoms with Crippen molar-refractivity contribution < 1.29 is 24.0 Å². The molecule has 0 saturated carbocycles. The Morgan fingerprint density at radius 3 is 2.26 bits per heavy atom. The van der Waals surface area contributed by atoms with Crippen LogP contribution in [0.4, 0.5) is 16.2 Å². The molecule has 1 atom stereocenters. The molecule has 1 heterocycles. The van der Waals surface area contributed by atoms with Crippen LogP contribution in [0, 0.1) is 10.1 Å². The Kier molecular flexibility index (Phi) is 7.41. The summed E-state index contributed by atoms with van der Waals surface area (Å²) in [5.41, 5.74) is 1.32. The lowest BCUT2D eigenvalue weighted by molar-refractivity contribution is -0.384. The SMILES string of the molecule is O=C(Nc1ccc(Sc2ccc([N+](=O)[O-])cc2)cc1)[C@@H]1CCC(=O)N1C(=O)OCc1ccccc1. The summed E-state index contributed by atoms with van der Waals surface area (Å²) in [4.78, 5) is 50.6. The number of benzene rings is 3. The summed E-state index contributed by atoms with van der Waals surface area (Å²) in [6.45, 7) is 0.00564. The number of nitrogens with one attached hydrogen (secondary N) is 1. The third-order valence-electron chi connectivity index (χ3n) is 5.32. The largest absolute Gasteiger partial charge is 0.444 e. The summed E-state index contributed by atoms with van der Waals surface area (Å²) >= 11 is 1.42. The fourth-order valence-electron chi connectivity index (χ4n) is 3.55.